The Morgan fingerprint density at radius 2 is 1.70 bits per heavy atom. The van der Waals surface area contributed by atoms with Crippen molar-refractivity contribution in [1.29, 1.82) is 0 Å². The average Bonchev–Trinajstić information content (AvgIpc) is 3.72. The van der Waals surface area contributed by atoms with E-state index >= 15 is 0 Å². The molecular weight excluding hydrogens is 583 g/mol. The highest BCUT2D eigenvalue weighted by atomic mass is 32.2. The molecule has 8 nitrogen and oxygen atoms in total. The molecule has 3 aliphatic heterocycles. The molecule has 2 bridgehead atoms. The van der Waals surface area contributed by atoms with Gasteiger partial charge in [-0.15, -0.1) is 0 Å². The molecule has 222 valence electrons. The van der Waals surface area contributed by atoms with Crippen molar-refractivity contribution in [3.63, 3.8) is 0 Å². The molecule has 3 unspecified atom stereocenters. The van der Waals surface area contributed by atoms with Crippen LogP contribution in [0.4, 0.5) is 0 Å². The van der Waals surface area contributed by atoms with E-state index in [0.29, 0.717) is 13.0 Å². The van der Waals surface area contributed by atoms with E-state index in [-0.39, 0.29) is 5.91 Å². The zero-order chi connectivity index (χ0) is 29.6. The topological polar surface area (TPSA) is 83.7 Å². The van der Waals surface area contributed by atoms with Crippen LogP contribution in [0.1, 0.15) is 60.5 Å². The highest BCUT2D eigenvalue weighted by Crippen LogP contribution is 2.56. The molecule has 1 fully saturated rings. The predicted octanol–water partition coefficient (Wildman–Crippen LogP) is 6.98. The summed E-state index contributed by atoms with van der Waals surface area (Å²) in [5.74, 6) is 2.77. The van der Waals surface area contributed by atoms with Crippen molar-refractivity contribution >= 4 is 79.0 Å². The van der Waals surface area contributed by atoms with E-state index in [1.54, 1.807) is 0 Å². The number of rotatable bonds is 8. The molecule has 10 heteroatoms. The number of carbonyl (C=O) groups is 2. The van der Waals surface area contributed by atoms with Crippen LogP contribution in [0.2, 0.25) is 0 Å². The van der Waals surface area contributed by atoms with E-state index in [2.05, 4.69) is 64.7 Å². The van der Waals surface area contributed by atoms with Crippen LogP contribution in [0.15, 0.2) is 36.4 Å². The maximum Gasteiger partial charge on any atom is 0.350 e. The molecule has 1 amide bonds. The minimum atomic E-state index is -1.04. The number of carbonyl (C=O) groups excluding carboxylic acids is 2. The van der Waals surface area contributed by atoms with Crippen LogP contribution in [-0.2, 0) is 43.1 Å². The third-order valence-electron chi connectivity index (χ3n) is 9.42. The Morgan fingerprint density at radius 1 is 1.02 bits per heavy atom. The van der Waals surface area contributed by atoms with Crippen LogP contribution in [-0.4, -0.2) is 39.6 Å². The Balaban J connectivity index is 1.57. The SMILES string of the molecule is CCSCc1ccc2c(c1)c1c3c(c4c5cc(CSCC)ccc5n5c4c1n2C1CC(C(=O)OOC)C5(C)O1)CNC3=O. The lowest BCUT2D eigenvalue weighted by molar-refractivity contribution is -0.264. The fourth-order valence-electron chi connectivity index (χ4n) is 7.70. The van der Waals surface area contributed by atoms with Crippen molar-refractivity contribution in [1.82, 2.24) is 14.5 Å². The van der Waals surface area contributed by atoms with Crippen molar-refractivity contribution in [2.45, 2.75) is 57.2 Å². The molecule has 0 spiro atoms. The molecule has 1 N–H and O–H groups in total. The number of benzene rings is 3. The van der Waals surface area contributed by atoms with Gasteiger partial charge in [-0.3, -0.25) is 9.68 Å². The zero-order valence-electron chi connectivity index (χ0n) is 24.6. The first-order chi connectivity index (χ1) is 20.9. The summed E-state index contributed by atoms with van der Waals surface area (Å²) >= 11 is 3.76. The lowest BCUT2D eigenvalue weighted by Gasteiger charge is -2.31. The summed E-state index contributed by atoms with van der Waals surface area (Å²) in [4.78, 5) is 37.2. The fourth-order valence-corrected chi connectivity index (χ4v) is 8.94. The van der Waals surface area contributed by atoms with E-state index in [0.717, 1.165) is 77.8 Å². The third kappa shape index (κ3) is 3.67. The number of fused-ring (bicyclic) bond motifs is 13. The van der Waals surface area contributed by atoms with Crippen LogP contribution in [0.25, 0.3) is 43.6 Å². The van der Waals surface area contributed by atoms with E-state index in [1.165, 1.54) is 18.2 Å². The van der Waals surface area contributed by atoms with Crippen molar-refractivity contribution in [3.8, 4) is 0 Å². The fraction of sp³-hybridized carbons (Fsp3) is 0.394. The molecule has 3 atom stereocenters. The second-order valence-corrected chi connectivity index (χ2v) is 14.2. The molecule has 43 heavy (non-hydrogen) atoms. The number of aromatic nitrogens is 2. The number of thioether (sulfide) groups is 2. The minimum absolute atomic E-state index is 0.0361. The summed E-state index contributed by atoms with van der Waals surface area (Å²) in [6.45, 7) is 6.79. The van der Waals surface area contributed by atoms with Gasteiger partial charge < -0.3 is 19.2 Å². The highest BCUT2D eigenvalue weighted by Gasteiger charge is 2.56. The Bertz CT molecular complexity index is 2010. The molecule has 0 aliphatic carbocycles. The maximum absolute atomic E-state index is 13.7. The number of ether oxygens (including phenoxy) is 1. The average molecular weight is 616 g/mol. The molecule has 8 rings (SSSR count). The lowest BCUT2D eigenvalue weighted by atomic mass is 9.93. The molecule has 0 saturated carbocycles. The number of nitrogens with zero attached hydrogens (tertiary/aromatic N) is 2. The van der Waals surface area contributed by atoms with Gasteiger partial charge in [-0.2, -0.15) is 28.4 Å². The van der Waals surface area contributed by atoms with Crippen molar-refractivity contribution in [2.75, 3.05) is 18.6 Å². The Hall–Kier alpha value is -3.18. The standard InChI is InChI=1S/C33H33N3O5S2/c1-5-42-15-17-7-9-23-19(11-17)27-28-21(14-34-31(28)37)26-20-12-18(16-43-6-2)8-10-24(20)36-30(26)29(27)35(23)25-13-22(32(38)41-39-4)33(36,3)40-25/h7-12,22,25H,5-6,13-16H2,1-4H3,(H,34,37). The van der Waals surface area contributed by atoms with Crippen LogP contribution in [0, 0.1) is 5.92 Å². The first kappa shape index (κ1) is 27.4. The second kappa shape index (κ2) is 9.92. The van der Waals surface area contributed by atoms with Gasteiger partial charge >= 0.3 is 5.97 Å². The van der Waals surface area contributed by atoms with Crippen LogP contribution in [0.5, 0.6) is 0 Å². The largest absolute Gasteiger partial charge is 0.350 e. The molecule has 2 aromatic heterocycles. The van der Waals surface area contributed by atoms with Gasteiger partial charge in [-0.1, -0.05) is 26.0 Å². The molecule has 5 heterocycles. The van der Waals surface area contributed by atoms with Gasteiger partial charge in [0.2, 0.25) is 0 Å². The Kier molecular flexibility index (Phi) is 6.31. The lowest BCUT2D eigenvalue weighted by Crippen LogP contribution is -2.40. The Labute approximate surface area is 257 Å². The van der Waals surface area contributed by atoms with Crippen LogP contribution < -0.4 is 5.32 Å². The zero-order valence-corrected chi connectivity index (χ0v) is 26.2. The van der Waals surface area contributed by atoms with Crippen LogP contribution >= 0.6 is 23.5 Å². The molecular formula is C33H33N3O5S2. The first-order valence-electron chi connectivity index (χ1n) is 14.9. The monoisotopic (exact) mass is 615 g/mol. The van der Waals surface area contributed by atoms with E-state index in [1.807, 2.05) is 30.4 Å². The van der Waals surface area contributed by atoms with Gasteiger partial charge in [0.1, 0.15) is 12.1 Å². The third-order valence-corrected chi connectivity index (χ3v) is 11.3. The maximum atomic E-state index is 13.7. The molecule has 1 saturated heterocycles. The number of hydrogen-bond acceptors (Lipinski definition) is 7. The van der Waals surface area contributed by atoms with Gasteiger partial charge in [0.25, 0.3) is 5.91 Å². The summed E-state index contributed by atoms with van der Waals surface area (Å²) in [5, 5.41) is 7.30. The normalized spacial score (nSPS) is 22.3. The van der Waals surface area contributed by atoms with Crippen molar-refractivity contribution in [3.05, 3.63) is 58.7 Å². The van der Waals surface area contributed by atoms with Gasteiger partial charge in [0.15, 0.2) is 5.72 Å². The summed E-state index contributed by atoms with van der Waals surface area (Å²) in [7, 11) is 1.35. The summed E-state index contributed by atoms with van der Waals surface area (Å²) in [6, 6.07) is 13.2. The number of nitrogens with one attached hydrogen (secondary N) is 1. The van der Waals surface area contributed by atoms with Gasteiger partial charge in [-0.05, 0) is 59.4 Å². The van der Waals surface area contributed by atoms with E-state index in [9.17, 15) is 9.59 Å². The summed E-state index contributed by atoms with van der Waals surface area (Å²) in [6.07, 6.45) is -0.0173. The van der Waals surface area contributed by atoms with E-state index < -0.39 is 23.8 Å². The molecule has 3 aromatic carbocycles. The summed E-state index contributed by atoms with van der Waals surface area (Å²) in [5.41, 5.74) is 7.16. The summed E-state index contributed by atoms with van der Waals surface area (Å²) < 4.78 is 11.5. The molecule has 5 aromatic rings. The smallest absolute Gasteiger partial charge is 0.348 e. The minimum Gasteiger partial charge on any atom is -0.348 e. The van der Waals surface area contributed by atoms with Crippen LogP contribution in [0.3, 0.4) is 0 Å². The molecule has 3 aliphatic rings. The van der Waals surface area contributed by atoms with Crippen molar-refractivity contribution in [2.24, 2.45) is 5.92 Å². The van der Waals surface area contributed by atoms with E-state index in [4.69, 9.17) is 14.5 Å². The van der Waals surface area contributed by atoms with Crippen molar-refractivity contribution < 1.29 is 24.1 Å². The van der Waals surface area contributed by atoms with Gasteiger partial charge in [-0.25, -0.2) is 4.79 Å². The van der Waals surface area contributed by atoms with Gasteiger partial charge in [0, 0.05) is 46.0 Å². The Morgan fingerprint density at radius 3 is 2.37 bits per heavy atom. The predicted molar refractivity (Wildman–Crippen MR) is 172 cm³/mol. The number of hydrogen-bond donors (Lipinski definition) is 1. The quantitative estimate of drug-likeness (QED) is 0.149. The number of amides is 1. The first-order valence-corrected chi connectivity index (χ1v) is 17.2. The van der Waals surface area contributed by atoms with Gasteiger partial charge in [0.05, 0.1) is 34.7 Å². The molecule has 0 radical (unpaired) electrons. The highest BCUT2D eigenvalue weighted by molar-refractivity contribution is 7.98. The second-order valence-electron chi connectivity index (χ2n) is 11.7.